The molecule has 3 nitrogen and oxygen atoms in total. The molecule has 18 heavy (non-hydrogen) atoms. The SMILES string of the molecule is CCCC(C(=O)Nc1cc(F)ccc1Cl)C(N)=S. The van der Waals surface area contributed by atoms with E-state index < -0.39 is 11.7 Å². The van der Waals surface area contributed by atoms with Gasteiger partial charge in [-0.25, -0.2) is 4.39 Å². The summed E-state index contributed by atoms with van der Waals surface area (Å²) in [6.45, 7) is 1.92. The third kappa shape index (κ3) is 3.92. The molecule has 1 atom stereocenters. The van der Waals surface area contributed by atoms with E-state index in [0.717, 1.165) is 12.5 Å². The number of rotatable bonds is 5. The van der Waals surface area contributed by atoms with Gasteiger partial charge in [0.15, 0.2) is 0 Å². The Hall–Kier alpha value is -1.20. The molecule has 3 N–H and O–H groups in total. The van der Waals surface area contributed by atoms with Crippen LogP contribution in [-0.4, -0.2) is 10.9 Å². The Bertz CT molecular complexity index is 467. The number of nitrogens with one attached hydrogen (secondary N) is 1. The average Bonchev–Trinajstić information content (AvgIpc) is 2.30. The van der Waals surface area contributed by atoms with Crippen molar-refractivity contribution in [2.24, 2.45) is 11.7 Å². The molecule has 0 spiro atoms. The van der Waals surface area contributed by atoms with Crippen LogP contribution in [-0.2, 0) is 4.79 Å². The number of hydrogen-bond acceptors (Lipinski definition) is 2. The molecular weight excluding hydrogens is 275 g/mol. The van der Waals surface area contributed by atoms with Gasteiger partial charge in [-0.05, 0) is 24.6 Å². The van der Waals surface area contributed by atoms with Crippen molar-refractivity contribution in [3.05, 3.63) is 29.0 Å². The molecule has 98 valence electrons. The Morgan fingerprint density at radius 2 is 2.28 bits per heavy atom. The number of carbonyl (C=O) groups excluding carboxylic acids is 1. The summed E-state index contributed by atoms with van der Waals surface area (Å²) in [5.74, 6) is -1.40. The second-order valence-electron chi connectivity index (χ2n) is 3.86. The summed E-state index contributed by atoms with van der Waals surface area (Å²) in [5, 5.41) is 2.81. The summed E-state index contributed by atoms with van der Waals surface area (Å²) in [4.78, 5) is 12.1. The van der Waals surface area contributed by atoms with E-state index in [4.69, 9.17) is 29.6 Å². The monoisotopic (exact) mass is 288 g/mol. The molecule has 0 saturated heterocycles. The molecule has 1 unspecified atom stereocenters. The molecule has 0 saturated carbocycles. The van der Waals surface area contributed by atoms with E-state index in [1.54, 1.807) is 0 Å². The molecule has 0 radical (unpaired) electrons. The normalized spacial score (nSPS) is 11.9. The summed E-state index contributed by atoms with van der Waals surface area (Å²) in [7, 11) is 0. The predicted molar refractivity (Wildman–Crippen MR) is 75.2 cm³/mol. The largest absolute Gasteiger partial charge is 0.393 e. The van der Waals surface area contributed by atoms with Crippen LogP contribution in [0.15, 0.2) is 18.2 Å². The first-order valence-corrected chi connectivity index (χ1v) is 6.29. The third-order valence-electron chi connectivity index (χ3n) is 2.42. The van der Waals surface area contributed by atoms with Gasteiger partial charge >= 0.3 is 0 Å². The quantitative estimate of drug-likeness (QED) is 0.819. The number of anilines is 1. The zero-order valence-electron chi connectivity index (χ0n) is 9.87. The highest BCUT2D eigenvalue weighted by molar-refractivity contribution is 7.80. The lowest BCUT2D eigenvalue weighted by Gasteiger charge is -2.15. The van der Waals surface area contributed by atoms with Crippen LogP contribution < -0.4 is 11.1 Å². The van der Waals surface area contributed by atoms with Crippen LogP contribution in [0.1, 0.15) is 19.8 Å². The lowest BCUT2D eigenvalue weighted by atomic mass is 10.0. The highest BCUT2D eigenvalue weighted by Crippen LogP contribution is 2.23. The van der Waals surface area contributed by atoms with Crippen molar-refractivity contribution in [2.75, 3.05) is 5.32 Å². The number of carbonyl (C=O) groups is 1. The van der Waals surface area contributed by atoms with E-state index in [2.05, 4.69) is 5.32 Å². The van der Waals surface area contributed by atoms with Crippen molar-refractivity contribution in [1.29, 1.82) is 0 Å². The molecule has 0 fully saturated rings. The van der Waals surface area contributed by atoms with Crippen LogP contribution in [0.5, 0.6) is 0 Å². The summed E-state index contributed by atoms with van der Waals surface area (Å²) in [5.41, 5.74) is 5.73. The molecule has 1 amide bonds. The first kappa shape index (κ1) is 14.9. The average molecular weight is 289 g/mol. The fraction of sp³-hybridized carbons (Fsp3) is 0.333. The number of halogens is 2. The summed E-state index contributed by atoms with van der Waals surface area (Å²) < 4.78 is 13.0. The highest BCUT2D eigenvalue weighted by atomic mass is 35.5. The number of nitrogens with two attached hydrogens (primary N) is 1. The van der Waals surface area contributed by atoms with Crippen LogP contribution in [0.2, 0.25) is 5.02 Å². The second-order valence-corrected chi connectivity index (χ2v) is 4.74. The maximum Gasteiger partial charge on any atom is 0.234 e. The molecular formula is C12H14ClFN2OS. The summed E-state index contributed by atoms with van der Waals surface area (Å²) in [6.07, 6.45) is 1.32. The molecule has 1 rings (SSSR count). The van der Waals surface area contributed by atoms with E-state index in [9.17, 15) is 9.18 Å². The number of hydrogen-bond donors (Lipinski definition) is 2. The first-order valence-electron chi connectivity index (χ1n) is 5.51. The molecule has 1 aromatic carbocycles. The van der Waals surface area contributed by atoms with Crippen LogP contribution in [0.4, 0.5) is 10.1 Å². The minimum absolute atomic E-state index is 0.127. The highest BCUT2D eigenvalue weighted by Gasteiger charge is 2.21. The van der Waals surface area contributed by atoms with Crippen molar-refractivity contribution < 1.29 is 9.18 Å². The van der Waals surface area contributed by atoms with Crippen molar-refractivity contribution in [3.63, 3.8) is 0 Å². The topological polar surface area (TPSA) is 55.1 Å². The van der Waals surface area contributed by atoms with Gasteiger partial charge in [0.05, 0.1) is 21.6 Å². The maximum atomic E-state index is 13.0. The lowest BCUT2D eigenvalue weighted by Crippen LogP contribution is -2.33. The van der Waals surface area contributed by atoms with E-state index in [1.807, 2.05) is 6.92 Å². The van der Waals surface area contributed by atoms with Crippen LogP contribution >= 0.6 is 23.8 Å². The molecule has 0 heterocycles. The van der Waals surface area contributed by atoms with Crippen LogP contribution in [0, 0.1) is 11.7 Å². The smallest absolute Gasteiger partial charge is 0.234 e. The standard InChI is InChI=1S/C12H14ClFN2OS/c1-2-3-8(11(15)18)12(17)16-10-6-7(14)4-5-9(10)13/h4-6,8H,2-3H2,1H3,(H2,15,18)(H,16,17). The fourth-order valence-corrected chi connectivity index (χ4v) is 1.89. The Kier molecular flexibility index (Phi) is 5.50. The van der Waals surface area contributed by atoms with E-state index in [1.165, 1.54) is 12.1 Å². The molecule has 6 heteroatoms. The van der Waals surface area contributed by atoms with Crippen molar-refractivity contribution in [1.82, 2.24) is 0 Å². The zero-order valence-corrected chi connectivity index (χ0v) is 11.4. The van der Waals surface area contributed by atoms with Crippen molar-refractivity contribution >= 4 is 40.4 Å². The number of benzene rings is 1. The summed E-state index contributed by atoms with van der Waals surface area (Å²) in [6, 6.07) is 3.75. The van der Waals surface area contributed by atoms with Crippen LogP contribution in [0.25, 0.3) is 0 Å². The van der Waals surface area contributed by atoms with Crippen LogP contribution in [0.3, 0.4) is 0 Å². The molecule has 1 aromatic rings. The minimum atomic E-state index is -0.565. The van der Waals surface area contributed by atoms with Gasteiger partial charge in [0, 0.05) is 0 Å². The number of thiocarbonyl (C=S) groups is 1. The van der Waals surface area contributed by atoms with Crippen molar-refractivity contribution in [3.8, 4) is 0 Å². The van der Waals surface area contributed by atoms with Gasteiger partial charge in [-0.15, -0.1) is 0 Å². The number of amides is 1. The molecule has 0 bridgehead atoms. The second kappa shape index (κ2) is 6.66. The lowest BCUT2D eigenvalue weighted by molar-refractivity contribution is -0.118. The van der Waals surface area contributed by atoms with Gasteiger partial charge in [-0.1, -0.05) is 37.2 Å². The van der Waals surface area contributed by atoms with Gasteiger partial charge in [0.2, 0.25) is 5.91 Å². The van der Waals surface area contributed by atoms with Crippen molar-refractivity contribution in [2.45, 2.75) is 19.8 Å². The molecule has 0 aliphatic carbocycles. The Morgan fingerprint density at radius 1 is 1.61 bits per heavy atom. The van der Waals surface area contributed by atoms with Gasteiger partial charge in [0.1, 0.15) is 5.82 Å². The maximum absolute atomic E-state index is 13.0. The van der Waals surface area contributed by atoms with Gasteiger partial charge in [-0.3, -0.25) is 4.79 Å². The predicted octanol–water partition coefficient (Wildman–Crippen LogP) is 3.12. The minimum Gasteiger partial charge on any atom is -0.393 e. The third-order valence-corrected chi connectivity index (χ3v) is 3.04. The fourth-order valence-electron chi connectivity index (χ4n) is 1.50. The van der Waals surface area contributed by atoms with Gasteiger partial charge in [0.25, 0.3) is 0 Å². The Morgan fingerprint density at radius 3 is 2.83 bits per heavy atom. The molecule has 0 aliphatic rings. The summed E-state index contributed by atoms with van der Waals surface area (Å²) >= 11 is 10.7. The Balaban J connectivity index is 2.85. The van der Waals surface area contributed by atoms with E-state index in [0.29, 0.717) is 6.42 Å². The van der Waals surface area contributed by atoms with Gasteiger partial charge < -0.3 is 11.1 Å². The van der Waals surface area contributed by atoms with Gasteiger partial charge in [-0.2, -0.15) is 0 Å². The van der Waals surface area contributed by atoms with E-state index in [-0.39, 0.29) is 21.6 Å². The molecule has 0 aromatic heterocycles. The zero-order chi connectivity index (χ0) is 13.7. The van der Waals surface area contributed by atoms with E-state index >= 15 is 0 Å². The molecule has 0 aliphatic heterocycles. The first-order chi connectivity index (χ1) is 8.45. The Labute approximate surface area is 115 Å².